The molecule has 3 atom stereocenters. The average molecular weight is 393 g/mol. The lowest BCUT2D eigenvalue weighted by molar-refractivity contribution is -0.0191. The number of cyclic esters (lactones) is 1. The highest BCUT2D eigenvalue weighted by Gasteiger charge is 2.46. The number of amides is 1. The molecule has 1 amide bonds. The van der Waals surface area contributed by atoms with Gasteiger partial charge in [-0.1, -0.05) is 60.7 Å². The van der Waals surface area contributed by atoms with Crippen LogP contribution in [0.3, 0.4) is 0 Å². The first-order chi connectivity index (χ1) is 14.2. The van der Waals surface area contributed by atoms with Gasteiger partial charge in [0.25, 0.3) is 0 Å². The van der Waals surface area contributed by atoms with E-state index >= 15 is 0 Å². The predicted molar refractivity (Wildman–Crippen MR) is 106 cm³/mol. The second-order valence-corrected chi connectivity index (χ2v) is 6.99. The smallest absolute Gasteiger partial charge is 0.410 e. The molecule has 1 aliphatic rings. The summed E-state index contributed by atoms with van der Waals surface area (Å²) in [5, 5.41) is 10.7. The molecule has 4 rings (SSSR count). The summed E-state index contributed by atoms with van der Waals surface area (Å²) in [5.74, 6) is 0.359. The number of nitrogens with zero attached hydrogens (tertiary/aromatic N) is 1. The molecule has 3 aromatic rings. The molecule has 1 saturated heterocycles. The van der Waals surface area contributed by atoms with E-state index in [-0.39, 0.29) is 6.61 Å². The summed E-state index contributed by atoms with van der Waals surface area (Å²) in [6, 6.07) is 22.4. The molecule has 0 bridgehead atoms. The number of hydrogen-bond donors (Lipinski definition) is 1. The highest BCUT2D eigenvalue weighted by atomic mass is 16.6. The van der Waals surface area contributed by atoms with Gasteiger partial charge >= 0.3 is 6.09 Å². The third-order valence-corrected chi connectivity index (χ3v) is 4.99. The van der Waals surface area contributed by atoms with Crippen LogP contribution in [0.1, 0.15) is 23.0 Å². The van der Waals surface area contributed by atoms with E-state index in [2.05, 4.69) is 0 Å². The highest BCUT2D eigenvalue weighted by molar-refractivity contribution is 5.71. The Morgan fingerprint density at radius 1 is 0.966 bits per heavy atom. The zero-order valence-electron chi connectivity index (χ0n) is 15.9. The Bertz CT molecular complexity index is 898. The summed E-state index contributed by atoms with van der Waals surface area (Å²) in [6.45, 7) is 1.02. The molecule has 1 aliphatic heterocycles. The lowest BCUT2D eigenvalue weighted by Gasteiger charge is -2.26. The minimum Gasteiger partial charge on any atom is -0.466 e. The van der Waals surface area contributed by atoms with E-state index in [1.807, 2.05) is 60.7 Å². The number of aliphatic hydroxyl groups excluding tert-OH is 1. The van der Waals surface area contributed by atoms with Crippen LogP contribution in [0.2, 0.25) is 0 Å². The molecule has 2 aromatic carbocycles. The molecule has 0 radical (unpaired) electrons. The van der Waals surface area contributed by atoms with E-state index in [1.165, 1.54) is 6.26 Å². The SMILES string of the molecule is O=C1O[C@H]([C@H](O)c2ccco2)[C@H](COCc2ccccc2)N1Cc1ccccc1. The number of rotatable bonds is 8. The predicted octanol–water partition coefficient (Wildman–Crippen LogP) is 3.92. The van der Waals surface area contributed by atoms with Crippen molar-refractivity contribution >= 4 is 6.09 Å². The van der Waals surface area contributed by atoms with E-state index < -0.39 is 24.3 Å². The van der Waals surface area contributed by atoms with Crippen LogP contribution in [0.15, 0.2) is 83.5 Å². The van der Waals surface area contributed by atoms with Crippen molar-refractivity contribution in [1.29, 1.82) is 0 Å². The number of furan rings is 1. The molecule has 0 saturated carbocycles. The zero-order valence-corrected chi connectivity index (χ0v) is 15.9. The van der Waals surface area contributed by atoms with Gasteiger partial charge in [0.2, 0.25) is 0 Å². The van der Waals surface area contributed by atoms with Gasteiger partial charge < -0.3 is 19.0 Å². The van der Waals surface area contributed by atoms with Crippen LogP contribution in [0.4, 0.5) is 4.79 Å². The standard InChI is InChI=1S/C23H23NO5/c25-21(20-12-7-13-28-20)22-19(16-27-15-18-10-5-2-6-11-18)24(23(26)29-22)14-17-8-3-1-4-9-17/h1-13,19,21-22,25H,14-16H2/t19-,21+,22-/m0/s1. The van der Waals surface area contributed by atoms with Crippen molar-refractivity contribution in [3.8, 4) is 0 Å². The zero-order chi connectivity index (χ0) is 20.1. The third-order valence-electron chi connectivity index (χ3n) is 4.99. The summed E-state index contributed by atoms with van der Waals surface area (Å²) in [7, 11) is 0. The monoisotopic (exact) mass is 393 g/mol. The molecular weight excluding hydrogens is 370 g/mol. The number of ether oxygens (including phenoxy) is 2. The molecule has 2 heterocycles. The lowest BCUT2D eigenvalue weighted by Crippen LogP contribution is -2.42. The maximum atomic E-state index is 12.6. The molecular formula is C23H23NO5. The second-order valence-electron chi connectivity index (χ2n) is 6.99. The number of benzene rings is 2. The van der Waals surface area contributed by atoms with Gasteiger partial charge in [-0.3, -0.25) is 4.90 Å². The largest absolute Gasteiger partial charge is 0.466 e. The van der Waals surface area contributed by atoms with Crippen molar-refractivity contribution in [2.75, 3.05) is 6.61 Å². The quantitative estimate of drug-likeness (QED) is 0.628. The highest BCUT2D eigenvalue weighted by Crippen LogP contribution is 2.32. The van der Waals surface area contributed by atoms with Crippen molar-refractivity contribution in [3.63, 3.8) is 0 Å². The maximum Gasteiger partial charge on any atom is 0.410 e. The van der Waals surface area contributed by atoms with Crippen molar-refractivity contribution in [3.05, 3.63) is 95.9 Å². The van der Waals surface area contributed by atoms with Gasteiger partial charge in [0.05, 0.1) is 25.5 Å². The van der Waals surface area contributed by atoms with Gasteiger partial charge in [0, 0.05) is 6.54 Å². The minimum absolute atomic E-state index is 0.232. The van der Waals surface area contributed by atoms with Crippen LogP contribution < -0.4 is 0 Å². The Kier molecular flexibility index (Phi) is 5.93. The van der Waals surface area contributed by atoms with Crippen LogP contribution in [0, 0.1) is 0 Å². The summed E-state index contributed by atoms with van der Waals surface area (Å²) in [5.41, 5.74) is 2.01. The fraction of sp³-hybridized carbons (Fsp3) is 0.261. The Labute approximate surface area is 169 Å². The first-order valence-corrected chi connectivity index (χ1v) is 9.56. The molecule has 1 aromatic heterocycles. The Hall–Kier alpha value is -3.09. The third kappa shape index (κ3) is 4.50. The van der Waals surface area contributed by atoms with Crippen molar-refractivity contribution in [2.45, 2.75) is 31.4 Å². The van der Waals surface area contributed by atoms with E-state index in [4.69, 9.17) is 13.9 Å². The van der Waals surface area contributed by atoms with Crippen LogP contribution in [-0.4, -0.2) is 34.9 Å². The topological polar surface area (TPSA) is 72.1 Å². The fourth-order valence-electron chi connectivity index (χ4n) is 3.49. The normalized spacial score (nSPS) is 19.9. The van der Waals surface area contributed by atoms with E-state index in [0.717, 1.165) is 11.1 Å². The number of hydrogen-bond acceptors (Lipinski definition) is 5. The van der Waals surface area contributed by atoms with Gasteiger partial charge in [-0.2, -0.15) is 0 Å². The Balaban J connectivity index is 1.51. The molecule has 150 valence electrons. The van der Waals surface area contributed by atoms with Gasteiger partial charge in [-0.05, 0) is 23.3 Å². The number of carbonyl (C=O) groups excluding carboxylic acids is 1. The van der Waals surface area contributed by atoms with Gasteiger partial charge in [-0.15, -0.1) is 0 Å². The summed E-state index contributed by atoms with van der Waals surface area (Å²) < 4.78 is 16.8. The molecule has 1 N–H and O–H groups in total. The maximum absolute atomic E-state index is 12.6. The first kappa shape index (κ1) is 19.2. The fourth-order valence-corrected chi connectivity index (χ4v) is 3.49. The summed E-state index contributed by atoms with van der Waals surface area (Å²) in [4.78, 5) is 14.2. The van der Waals surface area contributed by atoms with Crippen molar-refractivity contribution < 1.29 is 23.8 Å². The average Bonchev–Trinajstić information content (AvgIpc) is 3.39. The molecule has 0 spiro atoms. The van der Waals surface area contributed by atoms with Crippen LogP contribution >= 0.6 is 0 Å². The van der Waals surface area contributed by atoms with Crippen LogP contribution in [-0.2, 0) is 22.6 Å². The Morgan fingerprint density at radius 2 is 1.66 bits per heavy atom. The second kappa shape index (κ2) is 8.94. The summed E-state index contributed by atoms with van der Waals surface area (Å²) in [6.07, 6.45) is -0.844. The molecule has 6 heteroatoms. The molecule has 6 nitrogen and oxygen atoms in total. The minimum atomic E-state index is -1.07. The van der Waals surface area contributed by atoms with Crippen molar-refractivity contribution in [2.24, 2.45) is 0 Å². The summed E-state index contributed by atoms with van der Waals surface area (Å²) >= 11 is 0. The van der Waals surface area contributed by atoms with E-state index in [1.54, 1.807) is 17.0 Å². The van der Waals surface area contributed by atoms with Gasteiger partial charge in [0.15, 0.2) is 12.2 Å². The van der Waals surface area contributed by atoms with E-state index in [0.29, 0.717) is 18.9 Å². The van der Waals surface area contributed by atoms with Gasteiger partial charge in [0.1, 0.15) is 5.76 Å². The number of aliphatic hydroxyl groups is 1. The Morgan fingerprint density at radius 3 is 2.31 bits per heavy atom. The molecule has 29 heavy (non-hydrogen) atoms. The molecule has 0 aliphatic carbocycles. The lowest BCUT2D eigenvalue weighted by atomic mass is 10.0. The van der Waals surface area contributed by atoms with E-state index in [9.17, 15) is 9.90 Å². The van der Waals surface area contributed by atoms with Gasteiger partial charge in [-0.25, -0.2) is 4.79 Å². The van der Waals surface area contributed by atoms with Crippen LogP contribution in [0.5, 0.6) is 0 Å². The van der Waals surface area contributed by atoms with Crippen molar-refractivity contribution in [1.82, 2.24) is 4.90 Å². The van der Waals surface area contributed by atoms with Crippen LogP contribution in [0.25, 0.3) is 0 Å². The first-order valence-electron chi connectivity index (χ1n) is 9.56. The molecule has 0 unspecified atom stereocenters. The molecule has 1 fully saturated rings. The number of carbonyl (C=O) groups is 1.